The van der Waals surface area contributed by atoms with E-state index in [1.54, 1.807) is 6.07 Å². The molecule has 0 unspecified atom stereocenters. The molecule has 0 bridgehead atoms. The Morgan fingerprint density at radius 1 is 1.36 bits per heavy atom. The van der Waals surface area contributed by atoms with Crippen molar-refractivity contribution in [1.82, 2.24) is 0 Å². The van der Waals surface area contributed by atoms with Crippen molar-refractivity contribution in [1.29, 1.82) is 0 Å². The van der Waals surface area contributed by atoms with Gasteiger partial charge in [0.2, 0.25) is 0 Å². The summed E-state index contributed by atoms with van der Waals surface area (Å²) in [5.41, 5.74) is 0.768. The molecule has 0 spiro atoms. The summed E-state index contributed by atoms with van der Waals surface area (Å²) in [4.78, 5) is 11.9. The summed E-state index contributed by atoms with van der Waals surface area (Å²) in [7, 11) is 1.39. The van der Waals surface area contributed by atoms with E-state index in [-0.39, 0.29) is 33.1 Å². The zero-order chi connectivity index (χ0) is 15.0. The number of rotatable bonds is 2. The van der Waals surface area contributed by atoms with Gasteiger partial charge >= 0.3 is 138 Å². The average Bonchev–Trinajstić information content (AvgIpc) is 2.85. The number of halogens is 2. The summed E-state index contributed by atoms with van der Waals surface area (Å²) < 4.78 is 8.82. The standard InChI is InChI=1S/C15H17BrNO3Se.ClH/c1-20-14(18)11-7-5-6-10-12(16)13(21-17(10)11)15(19)8-3-2-4-9-15;/h5-7,19H,2-4,8-9H2,1H3;1H/q+1;/p-1. The summed E-state index contributed by atoms with van der Waals surface area (Å²) in [6, 6.07) is 5.59. The third-order valence-corrected chi connectivity index (χ3v) is 8.26. The number of carbonyl (C=O) groups excluding carboxylic acids is 1. The van der Waals surface area contributed by atoms with E-state index in [9.17, 15) is 9.90 Å². The van der Waals surface area contributed by atoms with E-state index in [1.807, 2.05) is 15.5 Å². The molecule has 1 N–H and O–H groups in total. The Kier molecular flexibility index (Phi) is 5.73. The molecule has 1 fully saturated rings. The Hall–Kier alpha value is -0.391. The molecular formula is C15H17BrClNO3Se. The minimum atomic E-state index is -0.726. The Balaban J connectivity index is 0.00000176. The first-order valence-electron chi connectivity index (χ1n) is 7.01. The van der Waals surface area contributed by atoms with Crippen LogP contribution in [0.5, 0.6) is 0 Å². The molecule has 0 radical (unpaired) electrons. The number of methoxy groups -OCH3 is 1. The van der Waals surface area contributed by atoms with Crippen LogP contribution < -0.4 is 15.8 Å². The second-order valence-electron chi connectivity index (χ2n) is 5.41. The number of esters is 1. The molecule has 4 nitrogen and oxygen atoms in total. The van der Waals surface area contributed by atoms with E-state index >= 15 is 0 Å². The molecule has 22 heavy (non-hydrogen) atoms. The number of nitrogens with zero attached hydrogens (tertiary/aromatic N) is 1. The zero-order valence-electron chi connectivity index (χ0n) is 12.1. The average molecular weight is 454 g/mol. The first-order chi connectivity index (χ1) is 10.1. The largest absolute Gasteiger partial charge is 1.00 e. The molecule has 2 aromatic rings. The van der Waals surface area contributed by atoms with Crippen LogP contribution in [0.3, 0.4) is 0 Å². The second-order valence-corrected chi connectivity index (χ2v) is 8.21. The summed E-state index contributed by atoms with van der Waals surface area (Å²) >= 11 is 3.52. The first kappa shape index (κ1) is 18.0. The molecular weight excluding hydrogens is 436 g/mol. The topological polar surface area (TPSA) is 50.6 Å². The van der Waals surface area contributed by atoms with Crippen LogP contribution in [-0.2, 0) is 10.3 Å². The summed E-state index contributed by atoms with van der Waals surface area (Å²) in [5, 5.41) is 11.0. The van der Waals surface area contributed by atoms with Crippen molar-refractivity contribution in [3.05, 3.63) is 32.8 Å². The summed E-state index contributed by atoms with van der Waals surface area (Å²) in [6.07, 6.45) is 4.92. The van der Waals surface area contributed by atoms with Gasteiger partial charge in [-0.1, -0.05) is 0 Å². The van der Waals surface area contributed by atoms with Crippen molar-refractivity contribution in [2.45, 2.75) is 37.7 Å². The smallest absolute Gasteiger partial charge is 1.00 e. The molecule has 0 amide bonds. The van der Waals surface area contributed by atoms with Crippen molar-refractivity contribution in [3.8, 4) is 0 Å². The Morgan fingerprint density at radius 3 is 2.68 bits per heavy atom. The SMILES string of the molecule is COC(=O)c1cccc2c(Br)c(C3(O)CCCCC3)[se][n+]12.[Cl-]. The van der Waals surface area contributed by atoms with Crippen molar-refractivity contribution in [3.63, 3.8) is 0 Å². The molecule has 0 aromatic carbocycles. The second kappa shape index (κ2) is 7.02. The van der Waals surface area contributed by atoms with Gasteiger partial charge in [0, 0.05) is 0 Å². The van der Waals surface area contributed by atoms with Crippen molar-refractivity contribution < 1.29 is 30.4 Å². The van der Waals surface area contributed by atoms with Crippen LogP contribution in [0.15, 0.2) is 22.7 Å². The number of aliphatic hydroxyl groups is 1. The van der Waals surface area contributed by atoms with Gasteiger partial charge in [-0.05, 0) is 0 Å². The Morgan fingerprint density at radius 2 is 2.05 bits per heavy atom. The molecule has 2 aromatic heterocycles. The van der Waals surface area contributed by atoms with Gasteiger partial charge in [-0.25, -0.2) is 0 Å². The number of hydrogen-bond donors (Lipinski definition) is 1. The van der Waals surface area contributed by atoms with Gasteiger partial charge in [-0.15, -0.1) is 0 Å². The normalized spacial score (nSPS) is 17.0. The van der Waals surface area contributed by atoms with Gasteiger partial charge in [0.15, 0.2) is 0 Å². The number of aromatic nitrogens is 1. The molecule has 0 saturated heterocycles. The van der Waals surface area contributed by atoms with Gasteiger partial charge in [0.1, 0.15) is 0 Å². The van der Waals surface area contributed by atoms with Crippen molar-refractivity contribution in [2.24, 2.45) is 0 Å². The molecule has 7 heteroatoms. The monoisotopic (exact) mass is 453 g/mol. The van der Waals surface area contributed by atoms with Gasteiger partial charge < -0.3 is 12.4 Å². The van der Waals surface area contributed by atoms with Crippen LogP contribution in [0, 0.1) is 0 Å². The van der Waals surface area contributed by atoms with E-state index in [2.05, 4.69) is 15.9 Å². The van der Waals surface area contributed by atoms with Gasteiger partial charge in [0.05, 0.1) is 0 Å². The quantitative estimate of drug-likeness (QED) is 0.478. The third kappa shape index (κ3) is 3.00. The van der Waals surface area contributed by atoms with Crippen LogP contribution in [-0.4, -0.2) is 32.9 Å². The number of ether oxygens (including phenoxy) is 1. The third-order valence-electron chi connectivity index (χ3n) is 4.05. The first-order valence-corrected chi connectivity index (χ1v) is 9.43. The molecule has 0 aliphatic heterocycles. The fourth-order valence-corrected chi connectivity index (χ4v) is 6.80. The zero-order valence-corrected chi connectivity index (χ0v) is 16.2. The van der Waals surface area contributed by atoms with E-state index in [0.717, 1.165) is 40.1 Å². The van der Waals surface area contributed by atoms with E-state index < -0.39 is 5.60 Å². The number of hydrogen-bond acceptors (Lipinski definition) is 3. The predicted octanol–water partition coefficient (Wildman–Crippen LogP) is -0.813. The van der Waals surface area contributed by atoms with Gasteiger partial charge in [-0.3, -0.25) is 0 Å². The van der Waals surface area contributed by atoms with Crippen LogP contribution in [0.2, 0.25) is 0 Å². The van der Waals surface area contributed by atoms with Crippen molar-refractivity contribution in [2.75, 3.05) is 7.11 Å². The van der Waals surface area contributed by atoms with Gasteiger partial charge in [0.25, 0.3) is 0 Å². The number of carbonyl (C=O) groups is 1. The molecule has 0 atom stereocenters. The fraction of sp³-hybridized carbons (Fsp3) is 0.467. The molecule has 2 heterocycles. The maximum atomic E-state index is 11.9. The maximum absolute atomic E-state index is 11.9. The van der Waals surface area contributed by atoms with Crippen LogP contribution in [0.4, 0.5) is 0 Å². The number of fused-ring (bicyclic) bond motifs is 1. The molecule has 1 aliphatic carbocycles. The van der Waals surface area contributed by atoms with E-state index in [1.165, 1.54) is 13.5 Å². The summed E-state index contributed by atoms with van der Waals surface area (Å²) in [6.45, 7) is 0. The van der Waals surface area contributed by atoms with Crippen molar-refractivity contribution >= 4 is 42.1 Å². The minimum Gasteiger partial charge on any atom is -1.00 e. The van der Waals surface area contributed by atoms with Crippen LogP contribution in [0.25, 0.3) is 5.52 Å². The van der Waals surface area contributed by atoms with Gasteiger partial charge in [-0.2, -0.15) is 0 Å². The predicted molar refractivity (Wildman–Crippen MR) is 82.6 cm³/mol. The van der Waals surface area contributed by atoms with E-state index in [4.69, 9.17) is 4.74 Å². The fourth-order valence-electron chi connectivity index (χ4n) is 2.91. The molecule has 120 valence electrons. The van der Waals surface area contributed by atoms with Crippen LogP contribution >= 0.6 is 15.9 Å². The summed E-state index contributed by atoms with van der Waals surface area (Å²) in [5.74, 6) is -0.337. The maximum Gasteiger partial charge on any atom is -1.00 e. The van der Waals surface area contributed by atoms with E-state index in [0.29, 0.717) is 5.69 Å². The molecule has 1 saturated carbocycles. The molecule has 3 rings (SSSR count). The number of pyridine rings is 1. The Bertz CT molecular complexity index is 697. The minimum absolute atomic E-state index is 0. The Labute approximate surface area is 150 Å². The molecule has 1 aliphatic rings. The van der Waals surface area contributed by atoms with Crippen LogP contribution in [0.1, 0.15) is 47.0 Å².